The van der Waals surface area contributed by atoms with Gasteiger partial charge in [0.1, 0.15) is 0 Å². The van der Waals surface area contributed by atoms with E-state index in [0.29, 0.717) is 6.04 Å². The highest BCUT2D eigenvalue weighted by Crippen LogP contribution is 2.13. The monoisotopic (exact) mass is 267 g/mol. The van der Waals surface area contributed by atoms with Gasteiger partial charge in [-0.3, -0.25) is 0 Å². The van der Waals surface area contributed by atoms with Crippen LogP contribution in [0.5, 0.6) is 0 Å². The summed E-state index contributed by atoms with van der Waals surface area (Å²) in [7, 11) is 0. The fourth-order valence-corrected chi connectivity index (χ4v) is 2.58. The van der Waals surface area contributed by atoms with Crippen LogP contribution in [0.2, 0.25) is 0 Å². The number of hydrogen-bond donors (Lipinski definition) is 1. The Balaban J connectivity index is 3.00. The van der Waals surface area contributed by atoms with E-state index in [1.54, 1.807) is 0 Å². The zero-order chi connectivity index (χ0) is 14.2. The summed E-state index contributed by atoms with van der Waals surface area (Å²) in [4.78, 5) is 0. The largest absolute Gasteiger partial charge is 0.327 e. The van der Waals surface area contributed by atoms with E-state index in [1.807, 2.05) is 6.08 Å². The minimum atomic E-state index is 0.348. The summed E-state index contributed by atoms with van der Waals surface area (Å²) in [5.41, 5.74) is 5.94. The number of hydrogen-bond acceptors (Lipinski definition) is 1. The van der Waals surface area contributed by atoms with Crippen molar-refractivity contribution in [2.75, 3.05) is 0 Å². The zero-order valence-corrected chi connectivity index (χ0v) is 13.3. The van der Waals surface area contributed by atoms with Gasteiger partial charge in [0.05, 0.1) is 0 Å². The summed E-state index contributed by atoms with van der Waals surface area (Å²) in [6, 6.07) is 0.348. The molecule has 1 heteroatoms. The molecule has 0 spiro atoms. The van der Waals surface area contributed by atoms with Crippen molar-refractivity contribution in [1.82, 2.24) is 0 Å². The molecule has 0 saturated carbocycles. The van der Waals surface area contributed by atoms with Crippen molar-refractivity contribution < 1.29 is 0 Å². The van der Waals surface area contributed by atoms with E-state index >= 15 is 0 Å². The summed E-state index contributed by atoms with van der Waals surface area (Å²) < 4.78 is 0. The number of nitrogens with two attached hydrogens (primary N) is 1. The normalized spacial score (nSPS) is 12.5. The van der Waals surface area contributed by atoms with Gasteiger partial charge in [0.15, 0.2) is 0 Å². The van der Waals surface area contributed by atoms with Crippen LogP contribution < -0.4 is 5.73 Å². The Kier molecular flexibility index (Phi) is 15.5. The van der Waals surface area contributed by atoms with Crippen LogP contribution in [-0.2, 0) is 0 Å². The van der Waals surface area contributed by atoms with Gasteiger partial charge < -0.3 is 5.73 Å². The Morgan fingerprint density at radius 2 is 1.21 bits per heavy atom. The molecule has 0 radical (unpaired) electrons. The fraction of sp³-hybridized carbons (Fsp3) is 0.889. The minimum absolute atomic E-state index is 0.348. The van der Waals surface area contributed by atoms with E-state index in [2.05, 4.69) is 13.5 Å². The Morgan fingerprint density at radius 1 is 0.789 bits per heavy atom. The van der Waals surface area contributed by atoms with Crippen LogP contribution in [0.15, 0.2) is 12.7 Å². The molecule has 1 nitrogen and oxygen atoms in total. The second-order valence-corrected chi connectivity index (χ2v) is 5.96. The van der Waals surface area contributed by atoms with Gasteiger partial charge in [0.2, 0.25) is 0 Å². The van der Waals surface area contributed by atoms with Gasteiger partial charge in [-0.1, -0.05) is 90.0 Å². The van der Waals surface area contributed by atoms with Crippen molar-refractivity contribution in [3.8, 4) is 0 Å². The molecule has 0 heterocycles. The highest BCUT2D eigenvalue weighted by Gasteiger charge is 1.99. The van der Waals surface area contributed by atoms with Crippen molar-refractivity contribution in [2.45, 2.75) is 103 Å². The maximum atomic E-state index is 5.94. The molecule has 0 saturated heterocycles. The smallest absolute Gasteiger partial charge is 0.00733 e. The van der Waals surface area contributed by atoms with E-state index in [9.17, 15) is 0 Å². The zero-order valence-electron chi connectivity index (χ0n) is 13.3. The Bertz CT molecular complexity index is 177. The van der Waals surface area contributed by atoms with Gasteiger partial charge in [-0.2, -0.15) is 0 Å². The second kappa shape index (κ2) is 15.8. The number of unbranched alkanes of at least 4 members (excludes halogenated alkanes) is 11. The van der Waals surface area contributed by atoms with E-state index in [1.165, 1.54) is 83.5 Å². The predicted octanol–water partition coefficient (Wildman–Crippen LogP) is 5.98. The first-order valence-corrected chi connectivity index (χ1v) is 8.67. The molecule has 0 aliphatic heterocycles. The maximum absolute atomic E-state index is 5.94. The predicted molar refractivity (Wildman–Crippen MR) is 88.5 cm³/mol. The summed E-state index contributed by atoms with van der Waals surface area (Å²) in [6.07, 6.45) is 21.0. The standard InChI is InChI=1S/C18H37N/c1-3-5-6-7-8-9-10-11-12-13-14-15-17-18(19)16-4-2/h4,18H,2-3,5-17,19H2,1H3. The molecule has 0 aliphatic rings. The van der Waals surface area contributed by atoms with Gasteiger partial charge in [0.25, 0.3) is 0 Å². The average molecular weight is 268 g/mol. The third-order valence-electron chi connectivity index (χ3n) is 3.90. The molecule has 1 atom stereocenters. The van der Waals surface area contributed by atoms with Gasteiger partial charge in [-0.25, -0.2) is 0 Å². The lowest BCUT2D eigenvalue weighted by Gasteiger charge is -2.08. The first-order valence-electron chi connectivity index (χ1n) is 8.67. The third kappa shape index (κ3) is 15.6. The molecule has 0 aromatic heterocycles. The van der Waals surface area contributed by atoms with Crippen molar-refractivity contribution in [3.63, 3.8) is 0 Å². The van der Waals surface area contributed by atoms with Crippen molar-refractivity contribution in [2.24, 2.45) is 5.73 Å². The molecule has 1 unspecified atom stereocenters. The molecule has 0 amide bonds. The highest BCUT2D eigenvalue weighted by molar-refractivity contribution is 4.74. The quantitative estimate of drug-likeness (QED) is 0.286. The molecule has 0 bridgehead atoms. The molecule has 114 valence electrons. The molecular formula is C18H37N. The van der Waals surface area contributed by atoms with Crippen molar-refractivity contribution >= 4 is 0 Å². The molecule has 2 N–H and O–H groups in total. The average Bonchev–Trinajstić information content (AvgIpc) is 2.40. The molecule has 0 rings (SSSR count). The summed E-state index contributed by atoms with van der Waals surface area (Å²) >= 11 is 0. The maximum Gasteiger partial charge on any atom is 0.00733 e. The molecule has 19 heavy (non-hydrogen) atoms. The Hall–Kier alpha value is -0.300. The molecule has 0 fully saturated rings. The topological polar surface area (TPSA) is 26.0 Å². The Labute approximate surface area is 122 Å². The van der Waals surface area contributed by atoms with Gasteiger partial charge in [-0.05, 0) is 12.8 Å². The highest BCUT2D eigenvalue weighted by atomic mass is 14.6. The van der Waals surface area contributed by atoms with Gasteiger partial charge in [-0.15, -0.1) is 6.58 Å². The van der Waals surface area contributed by atoms with E-state index in [0.717, 1.165) is 6.42 Å². The SMILES string of the molecule is C=CCC(N)CCCCCCCCCCCCCC. The minimum Gasteiger partial charge on any atom is -0.327 e. The van der Waals surface area contributed by atoms with Crippen LogP contribution in [0.4, 0.5) is 0 Å². The molecule has 0 aromatic rings. The third-order valence-corrected chi connectivity index (χ3v) is 3.90. The van der Waals surface area contributed by atoms with Crippen LogP contribution >= 0.6 is 0 Å². The van der Waals surface area contributed by atoms with E-state index in [-0.39, 0.29) is 0 Å². The van der Waals surface area contributed by atoms with Crippen LogP contribution in [0.1, 0.15) is 96.8 Å². The second-order valence-electron chi connectivity index (χ2n) is 5.96. The fourth-order valence-electron chi connectivity index (χ4n) is 2.58. The summed E-state index contributed by atoms with van der Waals surface area (Å²) in [5, 5.41) is 0. The first kappa shape index (κ1) is 18.7. The lowest BCUT2D eigenvalue weighted by molar-refractivity contribution is 0.519. The summed E-state index contributed by atoms with van der Waals surface area (Å²) in [5.74, 6) is 0. The number of rotatable bonds is 15. The van der Waals surface area contributed by atoms with Gasteiger partial charge >= 0.3 is 0 Å². The van der Waals surface area contributed by atoms with Crippen LogP contribution in [0.25, 0.3) is 0 Å². The lowest BCUT2D eigenvalue weighted by atomic mass is 10.0. The molecular weight excluding hydrogens is 230 g/mol. The molecule has 0 aliphatic carbocycles. The summed E-state index contributed by atoms with van der Waals surface area (Å²) in [6.45, 7) is 6.01. The van der Waals surface area contributed by atoms with Crippen LogP contribution in [-0.4, -0.2) is 6.04 Å². The van der Waals surface area contributed by atoms with Gasteiger partial charge in [0, 0.05) is 6.04 Å². The molecule has 0 aromatic carbocycles. The van der Waals surface area contributed by atoms with E-state index < -0.39 is 0 Å². The first-order chi connectivity index (χ1) is 9.31. The van der Waals surface area contributed by atoms with Crippen molar-refractivity contribution in [3.05, 3.63) is 12.7 Å². The van der Waals surface area contributed by atoms with Crippen LogP contribution in [0.3, 0.4) is 0 Å². The Morgan fingerprint density at radius 3 is 1.63 bits per heavy atom. The van der Waals surface area contributed by atoms with E-state index in [4.69, 9.17) is 5.73 Å². The lowest BCUT2D eigenvalue weighted by Crippen LogP contribution is -2.18. The van der Waals surface area contributed by atoms with Crippen molar-refractivity contribution in [1.29, 1.82) is 0 Å². The van der Waals surface area contributed by atoms with Crippen LogP contribution in [0, 0.1) is 0 Å².